The fraction of sp³-hybridized carbons (Fsp3) is 0.0714. The van der Waals surface area contributed by atoms with Gasteiger partial charge in [-0.3, -0.25) is 4.79 Å². The molecule has 0 aromatic heterocycles. The van der Waals surface area contributed by atoms with Crippen molar-refractivity contribution < 1.29 is 13.2 Å². The summed E-state index contributed by atoms with van der Waals surface area (Å²) in [5, 5.41) is 12.8. The molecule has 1 aliphatic rings. The van der Waals surface area contributed by atoms with Gasteiger partial charge in [-0.25, -0.2) is 13.6 Å². The lowest BCUT2D eigenvalue weighted by Gasteiger charge is -2.19. The number of benzene rings is 2. The van der Waals surface area contributed by atoms with Gasteiger partial charge in [0.25, 0.3) is 5.91 Å². The third kappa shape index (κ3) is 2.54. The molecule has 1 heterocycles. The van der Waals surface area contributed by atoms with Crippen LogP contribution in [0.5, 0.6) is 0 Å². The highest BCUT2D eigenvalue weighted by Gasteiger charge is 2.26. The van der Waals surface area contributed by atoms with Crippen molar-refractivity contribution >= 4 is 27.5 Å². The molecule has 1 atom stereocenters. The number of primary sulfonamides is 1. The highest BCUT2D eigenvalue weighted by Crippen LogP contribution is 2.35. The van der Waals surface area contributed by atoms with E-state index in [1.165, 1.54) is 12.1 Å². The molecular weight excluding hydrogens is 326 g/mol. The van der Waals surface area contributed by atoms with Gasteiger partial charge < -0.3 is 0 Å². The second kappa shape index (κ2) is 5.28. The van der Waals surface area contributed by atoms with Gasteiger partial charge in [0.2, 0.25) is 10.0 Å². The van der Waals surface area contributed by atoms with Crippen molar-refractivity contribution in [1.29, 1.82) is 0 Å². The van der Waals surface area contributed by atoms with Crippen molar-refractivity contribution in [2.24, 2.45) is 15.4 Å². The second-order valence-corrected chi connectivity index (χ2v) is 6.68. The summed E-state index contributed by atoms with van der Waals surface area (Å²) in [7, 11) is -3.95. The third-order valence-corrected chi connectivity index (χ3v) is 4.72. The predicted molar refractivity (Wildman–Crippen MR) is 80.3 cm³/mol. The predicted octanol–water partition coefficient (Wildman–Crippen LogP) is 2.68. The number of carbonyl (C=O) groups is 1. The van der Waals surface area contributed by atoms with Gasteiger partial charge in [0, 0.05) is 5.56 Å². The van der Waals surface area contributed by atoms with Crippen LogP contribution in [0.2, 0.25) is 5.02 Å². The number of hydrogen-bond acceptors (Lipinski definition) is 4. The molecule has 0 saturated heterocycles. The lowest BCUT2D eigenvalue weighted by molar-refractivity contribution is 0.0986. The average Bonchev–Trinajstić information content (AvgIpc) is 2.48. The van der Waals surface area contributed by atoms with Crippen LogP contribution in [-0.2, 0) is 10.0 Å². The number of amides is 1. The van der Waals surface area contributed by atoms with Gasteiger partial charge in [-0.15, -0.1) is 5.11 Å². The standard InChI is InChI=1S/C14H10ClN3O3S/c15-11-6-5-8(7-12(11)22(16,20)21)13-9-3-1-2-4-10(9)14(19)18-17-13/h1-7,13H,(H2,16,20,21). The molecule has 0 saturated carbocycles. The summed E-state index contributed by atoms with van der Waals surface area (Å²) >= 11 is 5.88. The smallest absolute Gasteiger partial charge is 0.265 e. The number of fused-ring (bicyclic) bond motifs is 1. The molecule has 1 unspecified atom stereocenters. The van der Waals surface area contributed by atoms with E-state index in [0.717, 1.165) is 0 Å². The molecule has 1 aliphatic heterocycles. The molecule has 0 fully saturated rings. The molecule has 2 N–H and O–H groups in total. The van der Waals surface area contributed by atoms with E-state index in [2.05, 4.69) is 10.2 Å². The molecule has 8 heteroatoms. The van der Waals surface area contributed by atoms with Crippen molar-refractivity contribution in [3.63, 3.8) is 0 Å². The van der Waals surface area contributed by atoms with Gasteiger partial charge in [0.15, 0.2) is 0 Å². The average molecular weight is 336 g/mol. The SMILES string of the molecule is NS(=O)(=O)c1cc(C2N=NC(=O)c3ccccc32)ccc1Cl. The first-order chi connectivity index (χ1) is 10.4. The first-order valence-corrected chi connectivity index (χ1v) is 8.17. The minimum absolute atomic E-state index is 0.0309. The van der Waals surface area contributed by atoms with Crippen LogP contribution in [0.1, 0.15) is 27.5 Å². The first-order valence-electron chi connectivity index (χ1n) is 6.24. The van der Waals surface area contributed by atoms with E-state index >= 15 is 0 Å². The largest absolute Gasteiger partial charge is 0.295 e. The molecule has 2 aromatic rings. The number of halogens is 1. The van der Waals surface area contributed by atoms with Crippen molar-refractivity contribution in [1.82, 2.24) is 0 Å². The normalized spacial score (nSPS) is 17.4. The zero-order valence-corrected chi connectivity index (χ0v) is 12.7. The molecule has 22 heavy (non-hydrogen) atoms. The molecule has 3 rings (SSSR count). The second-order valence-electron chi connectivity index (χ2n) is 4.75. The molecule has 0 spiro atoms. The van der Waals surface area contributed by atoms with Crippen LogP contribution in [0.3, 0.4) is 0 Å². The van der Waals surface area contributed by atoms with E-state index in [4.69, 9.17) is 16.7 Å². The first kappa shape index (κ1) is 14.8. The molecule has 1 amide bonds. The minimum Gasteiger partial charge on any atom is -0.265 e. The monoisotopic (exact) mass is 335 g/mol. The Morgan fingerprint density at radius 1 is 1.14 bits per heavy atom. The summed E-state index contributed by atoms with van der Waals surface area (Å²) in [4.78, 5) is 11.6. The maximum Gasteiger partial charge on any atom is 0.295 e. The summed E-state index contributed by atoms with van der Waals surface area (Å²) in [5.74, 6) is -0.424. The Kier molecular flexibility index (Phi) is 3.56. The minimum atomic E-state index is -3.95. The lowest BCUT2D eigenvalue weighted by atomic mass is 9.94. The zero-order chi connectivity index (χ0) is 15.9. The van der Waals surface area contributed by atoms with Gasteiger partial charge in [0.1, 0.15) is 10.9 Å². The van der Waals surface area contributed by atoms with E-state index < -0.39 is 22.0 Å². The van der Waals surface area contributed by atoms with Gasteiger partial charge in [0.05, 0.1) is 5.02 Å². The highest BCUT2D eigenvalue weighted by atomic mass is 35.5. The van der Waals surface area contributed by atoms with Gasteiger partial charge in [-0.05, 0) is 29.3 Å². The maximum absolute atomic E-state index is 11.7. The van der Waals surface area contributed by atoms with Gasteiger partial charge >= 0.3 is 0 Å². The van der Waals surface area contributed by atoms with Crippen molar-refractivity contribution in [2.45, 2.75) is 10.9 Å². The molecule has 0 radical (unpaired) electrons. The highest BCUT2D eigenvalue weighted by molar-refractivity contribution is 7.89. The van der Waals surface area contributed by atoms with Crippen LogP contribution < -0.4 is 5.14 Å². The quantitative estimate of drug-likeness (QED) is 0.912. The van der Waals surface area contributed by atoms with E-state index in [0.29, 0.717) is 16.7 Å². The van der Waals surface area contributed by atoms with Crippen LogP contribution in [0.25, 0.3) is 0 Å². The topological polar surface area (TPSA) is 102 Å². The summed E-state index contributed by atoms with van der Waals surface area (Å²) in [6, 6.07) is 10.8. The van der Waals surface area contributed by atoms with E-state index in [1.54, 1.807) is 30.3 Å². The molecule has 112 valence electrons. The number of sulfonamides is 1. The van der Waals surface area contributed by atoms with Gasteiger partial charge in [-0.1, -0.05) is 35.9 Å². The number of carbonyl (C=O) groups excluding carboxylic acids is 1. The summed E-state index contributed by atoms with van der Waals surface area (Å²) < 4.78 is 23.1. The summed E-state index contributed by atoms with van der Waals surface area (Å²) in [6.07, 6.45) is 0. The fourth-order valence-electron chi connectivity index (χ4n) is 2.31. The van der Waals surface area contributed by atoms with Gasteiger partial charge in [-0.2, -0.15) is 5.11 Å². The number of azo groups is 1. The summed E-state index contributed by atoms with van der Waals surface area (Å²) in [5.41, 5.74) is 1.64. The third-order valence-electron chi connectivity index (χ3n) is 3.33. The Balaban J connectivity index is 2.17. The Morgan fingerprint density at radius 2 is 1.86 bits per heavy atom. The van der Waals surface area contributed by atoms with Crippen LogP contribution in [0.4, 0.5) is 0 Å². The van der Waals surface area contributed by atoms with Crippen LogP contribution >= 0.6 is 11.6 Å². The maximum atomic E-state index is 11.7. The van der Waals surface area contributed by atoms with Crippen LogP contribution in [-0.4, -0.2) is 14.3 Å². The Labute approximate surface area is 131 Å². The van der Waals surface area contributed by atoms with Crippen LogP contribution in [0.15, 0.2) is 57.6 Å². The Bertz CT molecular complexity index is 909. The lowest BCUT2D eigenvalue weighted by Crippen LogP contribution is -2.15. The Hall–Kier alpha value is -2.09. The van der Waals surface area contributed by atoms with E-state index in [-0.39, 0.29) is 9.92 Å². The number of nitrogens with two attached hydrogens (primary N) is 1. The number of hydrogen-bond donors (Lipinski definition) is 1. The number of nitrogens with zero attached hydrogens (tertiary/aromatic N) is 2. The number of rotatable bonds is 2. The molecule has 0 aliphatic carbocycles. The summed E-state index contributed by atoms with van der Waals surface area (Å²) in [6.45, 7) is 0. The molecule has 6 nitrogen and oxygen atoms in total. The zero-order valence-electron chi connectivity index (χ0n) is 11.1. The Morgan fingerprint density at radius 3 is 2.59 bits per heavy atom. The molecular formula is C14H10ClN3O3S. The molecule has 0 bridgehead atoms. The van der Waals surface area contributed by atoms with Crippen molar-refractivity contribution in [3.8, 4) is 0 Å². The van der Waals surface area contributed by atoms with Crippen molar-refractivity contribution in [2.75, 3.05) is 0 Å². The molecule has 2 aromatic carbocycles. The van der Waals surface area contributed by atoms with E-state index in [9.17, 15) is 13.2 Å². The van der Waals surface area contributed by atoms with Crippen LogP contribution in [0, 0.1) is 0 Å². The van der Waals surface area contributed by atoms with E-state index in [1.807, 2.05) is 0 Å². The van der Waals surface area contributed by atoms with Crippen molar-refractivity contribution in [3.05, 3.63) is 64.2 Å². The fourth-order valence-corrected chi connectivity index (χ4v) is 3.39.